The first kappa shape index (κ1) is 14.1. The number of nitrogens with zero attached hydrogens (tertiary/aromatic N) is 4. The Hall–Kier alpha value is -1.34. The molecule has 0 fully saturated rings. The molecule has 2 aromatic heterocycles. The maximum Gasteiger partial charge on any atom is 0.254 e. The molecule has 2 heterocycles. The van der Waals surface area contributed by atoms with E-state index in [2.05, 4.69) is 33.6 Å². The zero-order valence-electron chi connectivity index (χ0n) is 11.2. The molecular formula is C12H19N5OS. The molecule has 0 amide bonds. The summed E-state index contributed by atoms with van der Waals surface area (Å²) in [6.45, 7) is 2.23. The van der Waals surface area contributed by atoms with Crippen molar-refractivity contribution in [3.05, 3.63) is 18.1 Å². The Balaban J connectivity index is 2.28. The Kier molecular flexibility index (Phi) is 4.98. The molecule has 104 valence electrons. The highest BCUT2D eigenvalue weighted by atomic mass is 32.2. The first-order chi connectivity index (χ1) is 9.28. The predicted octanol–water partition coefficient (Wildman–Crippen LogP) is 1.21. The molecule has 19 heavy (non-hydrogen) atoms. The van der Waals surface area contributed by atoms with Crippen LogP contribution in [0.5, 0.6) is 0 Å². The third-order valence-electron chi connectivity index (χ3n) is 2.86. The number of thioether (sulfide) groups is 1. The molecule has 0 spiro atoms. The van der Waals surface area contributed by atoms with Crippen molar-refractivity contribution in [1.29, 1.82) is 0 Å². The van der Waals surface area contributed by atoms with E-state index in [1.54, 1.807) is 16.3 Å². The van der Waals surface area contributed by atoms with Gasteiger partial charge in [0.25, 0.3) is 5.78 Å². The summed E-state index contributed by atoms with van der Waals surface area (Å²) in [7, 11) is 0. The molecule has 2 N–H and O–H groups in total. The standard InChI is InChI=1S/C12H19N5OS/c1-3-9-6-11(15-10(4-5-18)7-19-2)17-12(16-9)13-8-14-17/h6,8,10,15,18H,3-5,7H2,1-2H3/t10-/m0/s1. The maximum absolute atomic E-state index is 9.12. The van der Waals surface area contributed by atoms with Gasteiger partial charge >= 0.3 is 0 Å². The third-order valence-corrected chi connectivity index (χ3v) is 3.60. The number of fused-ring (bicyclic) bond motifs is 1. The molecule has 0 aromatic carbocycles. The summed E-state index contributed by atoms with van der Waals surface area (Å²) in [5.41, 5.74) is 0.981. The molecule has 7 heteroatoms. The van der Waals surface area contributed by atoms with Gasteiger partial charge in [-0.3, -0.25) is 0 Å². The van der Waals surface area contributed by atoms with Crippen molar-refractivity contribution in [3.63, 3.8) is 0 Å². The number of aliphatic hydroxyl groups is 1. The van der Waals surface area contributed by atoms with E-state index in [0.29, 0.717) is 12.2 Å². The molecular weight excluding hydrogens is 262 g/mol. The smallest absolute Gasteiger partial charge is 0.254 e. The Morgan fingerprint density at radius 2 is 2.37 bits per heavy atom. The van der Waals surface area contributed by atoms with Crippen molar-refractivity contribution in [2.45, 2.75) is 25.8 Å². The van der Waals surface area contributed by atoms with Crippen LogP contribution >= 0.6 is 11.8 Å². The first-order valence-corrected chi connectivity index (χ1v) is 7.73. The molecule has 0 aliphatic heterocycles. The highest BCUT2D eigenvalue weighted by molar-refractivity contribution is 7.98. The van der Waals surface area contributed by atoms with Crippen LogP contribution in [0.4, 0.5) is 5.82 Å². The molecule has 0 unspecified atom stereocenters. The number of aryl methyl sites for hydroxylation is 1. The van der Waals surface area contributed by atoms with Crippen LogP contribution in [0.1, 0.15) is 19.0 Å². The van der Waals surface area contributed by atoms with Crippen molar-refractivity contribution in [3.8, 4) is 0 Å². The normalized spacial score (nSPS) is 12.8. The Morgan fingerprint density at radius 3 is 3.05 bits per heavy atom. The lowest BCUT2D eigenvalue weighted by atomic mass is 10.2. The fraction of sp³-hybridized carbons (Fsp3) is 0.583. The molecule has 6 nitrogen and oxygen atoms in total. The van der Waals surface area contributed by atoms with Gasteiger partial charge in [0, 0.05) is 30.2 Å². The SMILES string of the molecule is CCc1cc(N[C@@H](CCO)CSC)n2ncnc2n1. The monoisotopic (exact) mass is 281 g/mol. The minimum atomic E-state index is 0.171. The van der Waals surface area contributed by atoms with Crippen molar-refractivity contribution in [2.24, 2.45) is 0 Å². The lowest BCUT2D eigenvalue weighted by Gasteiger charge is -2.18. The van der Waals surface area contributed by atoms with Crippen molar-refractivity contribution in [1.82, 2.24) is 19.6 Å². The maximum atomic E-state index is 9.12. The Morgan fingerprint density at radius 1 is 1.53 bits per heavy atom. The van der Waals surface area contributed by atoms with E-state index in [-0.39, 0.29) is 12.6 Å². The van der Waals surface area contributed by atoms with Gasteiger partial charge in [0.15, 0.2) is 0 Å². The third kappa shape index (κ3) is 3.36. The van der Waals surface area contributed by atoms with Crippen molar-refractivity contribution >= 4 is 23.4 Å². The van der Waals surface area contributed by atoms with Crippen molar-refractivity contribution < 1.29 is 5.11 Å². The minimum absolute atomic E-state index is 0.171. The lowest BCUT2D eigenvalue weighted by Crippen LogP contribution is -2.25. The fourth-order valence-electron chi connectivity index (χ4n) is 1.91. The van der Waals surface area contributed by atoms with E-state index < -0.39 is 0 Å². The Labute approximate surface area is 116 Å². The molecule has 0 saturated heterocycles. The second-order valence-corrected chi connectivity index (χ2v) is 5.18. The molecule has 0 radical (unpaired) electrons. The largest absolute Gasteiger partial charge is 0.396 e. The average Bonchev–Trinajstić information content (AvgIpc) is 2.87. The van der Waals surface area contributed by atoms with E-state index in [1.807, 2.05) is 6.07 Å². The van der Waals surface area contributed by atoms with Gasteiger partial charge in [-0.2, -0.15) is 26.4 Å². The molecule has 0 saturated carbocycles. The van der Waals surface area contributed by atoms with Crippen LogP contribution in [0.15, 0.2) is 12.4 Å². The summed E-state index contributed by atoms with van der Waals surface area (Å²) < 4.78 is 1.70. The quantitative estimate of drug-likeness (QED) is 0.794. The fourth-order valence-corrected chi connectivity index (χ4v) is 2.56. The van der Waals surface area contributed by atoms with Gasteiger partial charge < -0.3 is 10.4 Å². The average molecular weight is 281 g/mol. The number of aromatic nitrogens is 4. The van der Waals surface area contributed by atoms with Crippen molar-refractivity contribution in [2.75, 3.05) is 23.9 Å². The number of anilines is 1. The second-order valence-electron chi connectivity index (χ2n) is 4.27. The second kappa shape index (κ2) is 6.72. The van der Waals surface area contributed by atoms with Gasteiger partial charge in [-0.05, 0) is 19.1 Å². The summed E-state index contributed by atoms with van der Waals surface area (Å²) in [6.07, 6.45) is 5.12. The van der Waals surface area contributed by atoms with Crippen LogP contribution in [-0.2, 0) is 6.42 Å². The summed E-state index contributed by atoms with van der Waals surface area (Å²) in [5, 5.41) is 16.7. The van der Waals surface area contributed by atoms with E-state index >= 15 is 0 Å². The number of nitrogens with one attached hydrogen (secondary N) is 1. The summed E-state index contributed by atoms with van der Waals surface area (Å²) in [6, 6.07) is 2.20. The zero-order chi connectivity index (χ0) is 13.7. The van der Waals surface area contributed by atoms with Gasteiger partial charge in [0.1, 0.15) is 12.1 Å². The van der Waals surface area contributed by atoms with Gasteiger partial charge in [-0.25, -0.2) is 4.98 Å². The summed E-state index contributed by atoms with van der Waals surface area (Å²) in [4.78, 5) is 8.54. The molecule has 2 rings (SSSR count). The number of hydrogen-bond acceptors (Lipinski definition) is 6. The number of aliphatic hydroxyl groups excluding tert-OH is 1. The van der Waals surface area contributed by atoms with Crippen LogP contribution in [0.25, 0.3) is 5.78 Å². The van der Waals surface area contributed by atoms with Crippen LogP contribution in [-0.4, -0.2) is 49.3 Å². The van der Waals surface area contributed by atoms with E-state index in [0.717, 1.165) is 23.7 Å². The van der Waals surface area contributed by atoms with E-state index in [9.17, 15) is 0 Å². The van der Waals surface area contributed by atoms with Gasteiger partial charge in [-0.15, -0.1) is 0 Å². The van der Waals surface area contributed by atoms with Crippen LogP contribution in [0.3, 0.4) is 0 Å². The molecule has 0 bridgehead atoms. The summed E-state index contributed by atoms with van der Waals surface area (Å²) >= 11 is 1.75. The number of hydrogen-bond donors (Lipinski definition) is 2. The minimum Gasteiger partial charge on any atom is -0.396 e. The van der Waals surface area contributed by atoms with Gasteiger partial charge in [0.05, 0.1) is 0 Å². The van der Waals surface area contributed by atoms with Crippen LogP contribution < -0.4 is 5.32 Å². The summed E-state index contributed by atoms with van der Waals surface area (Å²) in [5.74, 6) is 2.42. The van der Waals surface area contributed by atoms with Crippen LogP contribution in [0, 0.1) is 0 Å². The van der Waals surface area contributed by atoms with Crippen LogP contribution in [0.2, 0.25) is 0 Å². The van der Waals surface area contributed by atoms with E-state index in [1.165, 1.54) is 6.33 Å². The predicted molar refractivity (Wildman–Crippen MR) is 77.7 cm³/mol. The highest BCUT2D eigenvalue weighted by Gasteiger charge is 2.12. The lowest BCUT2D eigenvalue weighted by molar-refractivity contribution is 0.282. The zero-order valence-corrected chi connectivity index (χ0v) is 12.0. The molecule has 0 aliphatic carbocycles. The van der Waals surface area contributed by atoms with E-state index in [4.69, 9.17) is 5.11 Å². The topological polar surface area (TPSA) is 75.3 Å². The molecule has 2 aromatic rings. The first-order valence-electron chi connectivity index (χ1n) is 6.34. The van der Waals surface area contributed by atoms with Gasteiger partial charge in [-0.1, -0.05) is 6.92 Å². The highest BCUT2D eigenvalue weighted by Crippen LogP contribution is 2.15. The molecule has 1 atom stereocenters. The van der Waals surface area contributed by atoms with Gasteiger partial charge in [0.2, 0.25) is 0 Å². The Bertz CT molecular complexity index is 524. The molecule has 0 aliphatic rings. The number of rotatable bonds is 7.